The molecule has 1 aromatic heterocycles. The van der Waals surface area contributed by atoms with E-state index in [1.807, 2.05) is 32.0 Å². The number of carbonyl (C=O) groups excluding carboxylic acids is 1. The molecule has 0 bridgehead atoms. The minimum absolute atomic E-state index is 0.0371. The summed E-state index contributed by atoms with van der Waals surface area (Å²) in [5.41, 5.74) is 3.64. The van der Waals surface area contributed by atoms with Gasteiger partial charge in [0.25, 0.3) is 0 Å². The smallest absolute Gasteiger partial charge is 0.507 e. The predicted octanol–water partition coefficient (Wildman–Crippen LogP) is 5.89. The normalized spacial score (nSPS) is 11.4. The molecule has 0 unspecified atom stereocenters. The molecule has 0 aliphatic rings. The van der Waals surface area contributed by atoms with Crippen LogP contribution in [0.2, 0.25) is 0 Å². The van der Waals surface area contributed by atoms with Crippen molar-refractivity contribution in [1.82, 2.24) is 14.8 Å². The van der Waals surface area contributed by atoms with E-state index >= 15 is 0 Å². The van der Waals surface area contributed by atoms with Gasteiger partial charge in [-0.2, -0.15) is 0 Å². The number of hydrogen-bond donors (Lipinski definition) is 2. The molecule has 1 heterocycles. The van der Waals surface area contributed by atoms with Crippen LogP contribution in [-0.2, 0) is 4.79 Å². The van der Waals surface area contributed by atoms with Crippen LogP contribution in [0.3, 0.4) is 0 Å². The van der Waals surface area contributed by atoms with Gasteiger partial charge in [-0.3, -0.25) is 9.36 Å². The Balaban J connectivity index is 1.55. The molecule has 7 nitrogen and oxygen atoms in total. The third-order valence-electron chi connectivity index (χ3n) is 5.08. The monoisotopic (exact) mass is 514 g/mol. The summed E-state index contributed by atoms with van der Waals surface area (Å²) in [7, 11) is 0. The number of nitrogens with zero attached hydrogens (tertiary/aromatic N) is 3. The van der Waals surface area contributed by atoms with Crippen LogP contribution in [0.25, 0.3) is 17.1 Å². The first kappa shape index (κ1) is 25.1. The fourth-order valence-corrected chi connectivity index (χ4v) is 4.29. The number of carbonyl (C=O) groups is 1. The molecule has 0 fully saturated rings. The number of phenols is 1. The second kappa shape index (κ2) is 10.3. The highest BCUT2D eigenvalue weighted by Gasteiger charge is 2.31. The number of rotatable bonds is 7. The van der Waals surface area contributed by atoms with Crippen molar-refractivity contribution in [3.8, 4) is 28.6 Å². The number of amides is 1. The van der Waals surface area contributed by atoms with E-state index in [1.54, 1.807) is 28.8 Å². The molecule has 0 saturated heterocycles. The summed E-state index contributed by atoms with van der Waals surface area (Å²) in [6, 6.07) is 17.5. The van der Waals surface area contributed by atoms with Crippen molar-refractivity contribution in [2.24, 2.45) is 0 Å². The third-order valence-corrected chi connectivity index (χ3v) is 6.00. The van der Waals surface area contributed by atoms with Crippen molar-refractivity contribution in [3.63, 3.8) is 0 Å². The van der Waals surface area contributed by atoms with Gasteiger partial charge in [0.05, 0.1) is 17.0 Å². The SMILES string of the molecule is Cc1ccc(-n2c(SCC(=O)Nc3ccc(OC(F)(F)F)cc3)nnc2-c2ccccc2O)c(C)c1. The maximum Gasteiger partial charge on any atom is 0.573 e. The minimum atomic E-state index is -4.79. The lowest BCUT2D eigenvalue weighted by Crippen LogP contribution is -2.17. The molecule has 0 spiro atoms. The zero-order chi connectivity index (χ0) is 25.9. The van der Waals surface area contributed by atoms with Gasteiger partial charge < -0.3 is 15.2 Å². The Morgan fingerprint density at radius 3 is 2.44 bits per heavy atom. The second-order valence-corrected chi connectivity index (χ2v) is 8.80. The van der Waals surface area contributed by atoms with E-state index in [9.17, 15) is 23.1 Å². The van der Waals surface area contributed by atoms with Crippen LogP contribution in [0, 0.1) is 13.8 Å². The summed E-state index contributed by atoms with van der Waals surface area (Å²) >= 11 is 1.14. The summed E-state index contributed by atoms with van der Waals surface area (Å²) in [5.74, 6) is -0.340. The van der Waals surface area contributed by atoms with E-state index in [0.29, 0.717) is 22.2 Å². The lowest BCUT2D eigenvalue weighted by molar-refractivity contribution is -0.274. The highest BCUT2D eigenvalue weighted by Crippen LogP contribution is 2.34. The maximum absolute atomic E-state index is 12.5. The summed E-state index contributed by atoms with van der Waals surface area (Å²) in [4.78, 5) is 12.5. The number of nitrogens with one attached hydrogen (secondary N) is 1. The topological polar surface area (TPSA) is 89.3 Å². The molecular formula is C25H21F3N4O3S. The summed E-state index contributed by atoms with van der Waals surface area (Å²) < 4.78 is 42.6. The van der Waals surface area contributed by atoms with Crippen LogP contribution < -0.4 is 10.1 Å². The number of para-hydroxylation sites is 1. The number of aryl methyl sites for hydroxylation is 2. The predicted molar refractivity (Wildman–Crippen MR) is 130 cm³/mol. The molecule has 0 aliphatic heterocycles. The summed E-state index contributed by atoms with van der Waals surface area (Å²) in [6.07, 6.45) is -4.79. The fraction of sp³-hybridized carbons (Fsp3) is 0.160. The number of ether oxygens (including phenoxy) is 1. The number of hydrogen-bond acceptors (Lipinski definition) is 6. The van der Waals surface area contributed by atoms with Gasteiger partial charge in [-0.1, -0.05) is 41.6 Å². The molecule has 0 saturated carbocycles. The largest absolute Gasteiger partial charge is 0.573 e. The first-order valence-electron chi connectivity index (χ1n) is 10.7. The summed E-state index contributed by atoms with van der Waals surface area (Å²) in [5, 5.41) is 22.0. The van der Waals surface area contributed by atoms with Crippen LogP contribution >= 0.6 is 11.8 Å². The molecule has 0 aliphatic carbocycles. The number of aromatic nitrogens is 3. The number of thioether (sulfide) groups is 1. The average molecular weight is 515 g/mol. The molecule has 2 N–H and O–H groups in total. The number of alkyl halides is 3. The van der Waals surface area contributed by atoms with Crippen molar-refractivity contribution in [2.45, 2.75) is 25.4 Å². The first-order valence-corrected chi connectivity index (χ1v) is 11.7. The minimum Gasteiger partial charge on any atom is -0.507 e. The number of phenolic OH excluding ortho intramolecular Hbond substituents is 1. The van der Waals surface area contributed by atoms with Crippen molar-refractivity contribution in [1.29, 1.82) is 0 Å². The van der Waals surface area contributed by atoms with Gasteiger partial charge in [-0.05, 0) is 61.9 Å². The molecule has 0 atom stereocenters. The standard InChI is InChI=1S/C25H21F3N4O3S/c1-15-7-12-20(16(2)13-15)32-23(19-5-3-4-6-21(19)33)30-31-24(32)36-14-22(34)29-17-8-10-18(11-9-17)35-25(26,27)28/h3-13,33H,14H2,1-2H3,(H,29,34). The Hall–Kier alpha value is -3.99. The molecule has 11 heteroatoms. The fourth-order valence-electron chi connectivity index (χ4n) is 3.54. The van der Waals surface area contributed by atoms with Crippen molar-refractivity contribution in [2.75, 3.05) is 11.1 Å². The van der Waals surface area contributed by atoms with Crippen LogP contribution in [0.1, 0.15) is 11.1 Å². The average Bonchev–Trinajstić information content (AvgIpc) is 3.22. The van der Waals surface area contributed by atoms with E-state index in [-0.39, 0.29) is 23.2 Å². The van der Waals surface area contributed by atoms with Crippen LogP contribution in [0.5, 0.6) is 11.5 Å². The van der Waals surface area contributed by atoms with Crippen LogP contribution in [0.4, 0.5) is 18.9 Å². The molecule has 4 aromatic rings. The molecule has 0 radical (unpaired) electrons. The number of halogens is 3. The highest BCUT2D eigenvalue weighted by atomic mass is 32.2. The summed E-state index contributed by atoms with van der Waals surface area (Å²) in [6.45, 7) is 3.93. The van der Waals surface area contributed by atoms with E-state index in [4.69, 9.17) is 0 Å². The Kier molecular flexibility index (Phi) is 7.20. The van der Waals surface area contributed by atoms with Gasteiger partial charge >= 0.3 is 6.36 Å². The van der Waals surface area contributed by atoms with Gasteiger partial charge in [0, 0.05) is 5.69 Å². The Morgan fingerprint density at radius 1 is 1.06 bits per heavy atom. The van der Waals surface area contributed by atoms with Crippen LogP contribution in [-0.4, -0.2) is 37.9 Å². The molecule has 4 rings (SSSR count). The number of anilines is 1. The Labute approximate surface area is 208 Å². The van der Waals surface area contributed by atoms with Gasteiger partial charge in [0.15, 0.2) is 11.0 Å². The van der Waals surface area contributed by atoms with E-state index in [0.717, 1.165) is 40.7 Å². The molecule has 3 aromatic carbocycles. The first-order chi connectivity index (χ1) is 17.1. The zero-order valence-electron chi connectivity index (χ0n) is 19.2. The van der Waals surface area contributed by atoms with Crippen molar-refractivity contribution < 1.29 is 27.8 Å². The third kappa shape index (κ3) is 5.98. The van der Waals surface area contributed by atoms with Gasteiger partial charge in [-0.15, -0.1) is 23.4 Å². The molecule has 36 heavy (non-hydrogen) atoms. The van der Waals surface area contributed by atoms with E-state index < -0.39 is 6.36 Å². The highest BCUT2D eigenvalue weighted by molar-refractivity contribution is 7.99. The van der Waals surface area contributed by atoms with Crippen LogP contribution in [0.15, 0.2) is 71.9 Å². The molecular weight excluding hydrogens is 493 g/mol. The second-order valence-electron chi connectivity index (χ2n) is 7.86. The van der Waals surface area contributed by atoms with E-state index in [2.05, 4.69) is 20.3 Å². The maximum atomic E-state index is 12.5. The Morgan fingerprint density at radius 2 is 1.78 bits per heavy atom. The molecule has 1 amide bonds. The van der Waals surface area contributed by atoms with Crippen molar-refractivity contribution >= 4 is 23.4 Å². The lowest BCUT2D eigenvalue weighted by Gasteiger charge is -2.14. The van der Waals surface area contributed by atoms with Gasteiger partial charge in [0.1, 0.15) is 11.5 Å². The zero-order valence-corrected chi connectivity index (χ0v) is 20.0. The van der Waals surface area contributed by atoms with Crippen molar-refractivity contribution in [3.05, 3.63) is 77.9 Å². The lowest BCUT2D eigenvalue weighted by atomic mass is 10.1. The molecule has 186 valence electrons. The van der Waals surface area contributed by atoms with Gasteiger partial charge in [0.2, 0.25) is 5.91 Å². The Bertz CT molecular complexity index is 1390. The van der Waals surface area contributed by atoms with Gasteiger partial charge in [-0.25, -0.2) is 0 Å². The number of aromatic hydroxyl groups is 1. The quantitative estimate of drug-likeness (QED) is 0.299. The van der Waals surface area contributed by atoms with E-state index in [1.165, 1.54) is 12.1 Å². The number of benzene rings is 3.